The maximum Gasteiger partial charge on any atom is 0.368 e. The third-order valence-corrected chi connectivity index (χ3v) is 8.28. The van der Waals surface area contributed by atoms with Gasteiger partial charge in [0.1, 0.15) is 11.5 Å². The minimum atomic E-state index is -4.53. The van der Waals surface area contributed by atoms with Crippen LogP contribution >= 0.6 is 46.7 Å². The summed E-state index contributed by atoms with van der Waals surface area (Å²) < 4.78 is 18.4. The second-order valence-corrected chi connectivity index (χ2v) is 11.1. The first-order valence-electron chi connectivity index (χ1n) is 9.59. The van der Waals surface area contributed by atoms with E-state index in [1.165, 1.54) is 12.1 Å². The quantitative estimate of drug-likeness (QED) is 0.307. The number of hydrogen-bond donors (Lipinski definition) is 3. The van der Waals surface area contributed by atoms with Gasteiger partial charge in [-0.1, -0.05) is 57.0 Å². The Labute approximate surface area is 195 Å². The van der Waals surface area contributed by atoms with Gasteiger partial charge in [-0.3, -0.25) is 4.57 Å². The van der Waals surface area contributed by atoms with Crippen LogP contribution < -0.4 is 4.74 Å². The average Bonchev–Trinajstić information content (AvgIpc) is 2.64. The minimum absolute atomic E-state index is 0.129. The van der Waals surface area contributed by atoms with Crippen molar-refractivity contribution in [1.29, 1.82) is 0 Å². The predicted molar refractivity (Wildman–Crippen MR) is 125 cm³/mol. The van der Waals surface area contributed by atoms with Crippen LogP contribution in [0.2, 0.25) is 10.0 Å². The lowest BCUT2D eigenvalue weighted by molar-refractivity contribution is 0.108. The molecule has 0 amide bonds. The average molecular weight is 540 g/mol. The highest BCUT2D eigenvalue weighted by molar-refractivity contribution is 9.10. The first-order chi connectivity index (χ1) is 13.8. The van der Waals surface area contributed by atoms with E-state index in [0.717, 1.165) is 11.1 Å². The number of phenolic OH excluding ortho intramolecular Hbond substituents is 1. The summed E-state index contributed by atoms with van der Waals surface area (Å²) in [7, 11) is -4.53. The van der Waals surface area contributed by atoms with E-state index < -0.39 is 12.9 Å². The molecule has 30 heavy (non-hydrogen) atoms. The third kappa shape index (κ3) is 5.35. The van der Waals surface area contributed by atoms with Gasteiger partial charge in [-0.2, -0.15) is 0 Å². The van der Waals surface area contributed by atoms with Gasteiger partial charge < -0.3 is 19.6 Å². The van der Waals surface area contributed by atoms with Gasteiger partial charge >= 0.3 is 7.60 Å². The van der Waals surface area contributed by atoms with E-state index in [9.17, 15) is 19.5 Å². The number of hydrogen-bond acceptors (Lipinski definition) is 3. The zero-order valence-corrected chi connectivity index (χ0v) is 21.2. The van der Waals surface area contributed by atoms with E-state index in [0.29, 0.717) is 26.5 Å². The molecule has 9 heteroatoms. The highest BCUT2D eigenvalue weighted by atomic mass is 79.9. The van der Waals surface area contributed by atoms with Gasteiger partial charge in [-0.05, 0) is 69.6 Å². The van der Waals surface area contributed by atoms with Gasteiger partial charge in [0.25, 0.3) is 0 Å². The van der Waals surface area contributed by atoms with Crippen molar-refractivity contribution < 1.29 is 24.2 Å². The molecule has 0 aliphatic carbocycles. The van der Waals surface area contributed by atoms with Crippen LogP contribution in [0.25, 0.3) is 0 Å². The van der Waals surface area contributed by atoms with Crippen LogP contribution in [-0.4, -0.2) is 20.2 Å². The second-order valence-electron chi connectivity index (χ2n) is 7.51. The fraction of sp³-hybridized carbons (Fsp3) is 0.429. The van der Waals surface area contributed by atoms with E-state index in [1.54, 1.807) is 13.8 Å². The maximum absolute atomic E-state index is 12.0. The first-order valence-corrected chi connectivity index (χ1v) is 12.7. The summed E-state index contributed by atoms with van der Waals surface area (Å²) in [5.74, 6) is 0.546. The summed E-state index contributed by atoms with van der Waals surface area (Å²) in [5, 5.41) is 9.28. The van der Waals surface area contributed by atoms with Crippen LogP contribution in [0.3, 0.4) is 0 Å². The van der Waals surface area contributed by atoms with Crippen LogP contribution in [0.4, 0.5) is 0 Å². The zero-order valence-electron chi connectivity index (χ0n) is 17.2. The van der Waals surface area contributed by atoms with Gasteiger partial charge in [-0.15, -0.1) is 0 Å². The summed E-state index contributed by atoms with van der Waals surface area (Å²) >= 11 is 16.3. The van der Waals surface area contributed by atoms with Crippen molar-refractivity contribution in [3.05, 3.63) is 55.5 Å². The van der Waals surface area contributed by atoms with E-state index in [-0.39, 0.29) is 30.3 Å². The van der Waals surface area contributed by atoms with Crippen LogP contribution in [-0.2, 0) is 11.0 Å². The van der Waals surface area contributed by atoms with E-state index in [4.69, 9.17) is 27.9 Å². The molecule has 5 nitrogen and oxygen atoms in total. The summed E-state index contributed by atoms with van der Waals surface area (Å²) in [5.41, 5.74) is 2.38. The summed E-state index contributed by atoms with van der Waals surface area (Å²) in [6.45, 7) is 7.31. The molecule has 2 rings (SSSR count). The molecule has 2 aromatic rings. The Bertz CT molecular complexity index is 947. The van der Waals surface area contributed by atoms with Crippen LogP contribution in [0.5, 0.6) is 11.5 Å². The summed E-state index contributed by atoms with van der Waals surface area (Å²) in [6, 6.07) is 6.77. The fourth-order valence-electron chi connectivity index (χ4n) is 3.32. The molecule has 0 aliphatic heterocycles. The van der Waals surface area contributed by atoms with E-state index in [1.807, 2.05) is 26.0 Å². The van der Waals surface area contributed by atoms with Gasteiger partial charge in [0, 0.05) is 16.5 Å². The fourth-order valence-corrected chi connectivity index (χ4v) is 5.49. The smallest absolute Gasteiger partial charge is 0.368 e. The lowest BCUT2D eigenvalue weighted by atomic mass is 9.96. The van der Waals surface area contributed by atoms with Crippen molar-refractivity contribution in [3.63, 3.8) is 0 Å². The Morgan fingerprint density at radius 1 is 1.10 bits per heavy atom. The van der Waals surface area contributed by atoms with Gasteiger partial charge in [-0.25, -0.2) is 0 Å². The molecular weight excluding hydrogens is 514 g/mol. The summed E-state index contributed by atoms with van der Waals surface area (Å²) in [6.07, 6.45) is 0.677. The number of ether oxygens (including phenoxy) is 1. The topological polar surface area (TPSA) is 87.0 Å². The van der Waals surface area contributed by atoms with Crippen molar-refractivity contribution in [1.82, 2.24) is 0 Å². The zero-order chi connectivity index (χ0) is 22.9. The molecular formula is C21H26BrCl2O5P. The molecule has 0 bridgehead atoms. The Morgan fingerprint density at radius 3 is 2.07 bits per heavy atom. The minimum Gasteiger partial charge on any atom is -0.506 e. The van der Waals surface area contributed by atoms with Crippen molar-refractivity contribution in [3.8, 4) is 11.5 Å². The standard InChI is InChI=1S/C21H26BrCl2O5P/c1-5-21(6-2,30(26,27)28)29-14-10-18(23)16(19(24)11-14)8-13-7-15(12(3)4)20(25)17(22)9-13/h7,9-12,25H,5-6,8H2,1-4H3,(H2,26,27,28). The van der Waals surface area contributed by atoms with Crippen molar-refractivity contribution in [2.24, 2.45) is 0 Å². The number of benzene rings is 2. The maximum atomic E-state index is 12.0. The molecule has 166 valence electrons. The van der Waals surface area contributed by atoms with Crippen LogP contribution in [0, 0.1) is 0 Å². The number of rotatable bonds is 8. The molecule has 2 aromatic carbocycles. The Balaban J connectivity index is 2.42. The molecule has 0 atom stereocenters. The lowest BCUT2D eigenvalue weighted by Gasteiger charge is -2.33. The Hall–Kier alpha value is -0.750. The third-order valence-electron chi connectivity index (χ3n) is 5.21. The predicted octanol–water partition coefficient (Wildman–Crippen LogP) is 7.25. The molecule has 0 unspecified atom stereocenters. The molecule has 0 aromatic heterocycles. The molecule has 3 N–H and O–H groups in total. The SMILES string of the molecule is CCC(CC)(Oc1cc(Cl)c(Cc2cc(Br)c(O)c(C(C)C)c2)c(Cl)c1)P(=O)(O)O. The number of aromatic hydroxyl groups is 1. The van der Waals surface area contributed by atoms with E-state index in [2.05, 4.69) is 15.9 Å². The second kappa shape index (κ2) is 9.81. The van der Waals surface area contributed by atoms with Crippen molar-refractivity contribution >= 4 is 46.7 Å². The highest BCUT2D eigenvalue weighted by Crippen LogP contribution is 2.55. The van der Waals surface area contributed by atoms with Crippen molar-refractivity contribution in [2.45, 2.75) is 58.2 Å². The molecule has 0 radical (unpaired) electrons. The normalized spacial score (nSPS) is 12.5. The van der Waals surface area contributed by atoms with Gasteiger partial charge in [0.05, 0.1) is 4.47 Å². The van der Waals surface area contributed by atoms with Gasteiger partial charge in [0.2, 0.25) is 5.34 Å². The number of halogens is 3. The first kappa shape index (κ1) is 25.5. The Morgan fingerprint density at radius 2 is 1.63 bits per heavy atom. The molecule has 0 fully saturated rings. The molecule has 0 aliphatic rings. The number of phenols is 1. The molecule has 0 heterocycles. The van der Waals surface area contributed by atoms with E-state index >= 15 is 0 Å². The van der Waals surface area contributed by atoms with Crippen molar-refractivity contribution in [2.75, 3.05) is 0 Å². The summed E-state index contributed by atoms with van der Waals surface area (Å²) in [4.78, 5) is 19.6. The van der Waals surface area contributed by atoms with Crippen LogP contribution in [0.1, 0.15) is 63.1 Å². The van der Waals surface area contributed by atoms with Gasteiger partial charge in [0.15, 0.2) is 0 Å². The molecule has 0 saturated heterocycles. The largest absolute Gasteiger partial charge is 0.506 e. The molecule has 0 saturated carbocycles. The van der Waals surface area contributed by atoms with Crippen LogP contribution in [0.15, 0.2) is 28.7 Å². The lowest BCUT2D eigenvalue weighted by Crippen LogP contribution is -2.34. The molecule has 0 spiro atoms. The Kier molecular flexibility index (Phi) is 8.34. The monoisotopic (exact) mass is 538 g/mol. The highest BCUT2D eigenvalue weighted by Gasteiger charge is 2.46.